The third-order valence-corrected chi connectivity index (χ3v) is 3.69. The van der Waals surface area contributed by atoms with Crippen LogP contribution in [-0.2, 0) is 0 Å². The van der Waals surface area contributed by atoms with Gasteiger partial charge in [-0.25, -0.2) is 4.39 Å². The molecule has 3 nitrogen and oxygen atoms in total. The van der Waals surface area contributed by atoms with Gasteiger partial charge in [0.25, 0.3) is 0 Å². The van der Waals surface area contributed by atoms with E-state index in [4.69, 9.17) is 10.5 Å². The number of methoxy groups -OCH3 is 1. The fourth-order valence-corrected chi connectivity index (χ4v) is 2.31. The van der Waals surface area contributed by atoms with Crippen LogP contribution in [0.2, 0.25) is 0 Å². The summed E-state index contributed by atoms with van der Waals surface area (Å²) in [5.41, 5.74) is 6.65. The predicted octanol–water partition coefficient (Wildman–Crippen LogP) is 2.61. The van der Waals surface area contributed by atoms with Crippen molar-refractivity contribution in [1.82, 2.24) is 5.32 Å². The fraction of sp³-hybridized carbons (Fsp3) is 0.600. The van der Waals surface area contributed by atoms with Crippen LogP contribution in [0.5, 0.6) is 5.75 Å². The van der Waals surface area contributed by atoms with E-state index in [0.717, 1.165) is 18.0 Å². The highest BCUT2D eigenvalue weighted by molar-refractivity contribution is 5.31. The Labute approximate surface area is 114 Å². The summed E-state index contributed by atoms with van der Waals surface area (Å²) in [6.07, 6.45) is 5.25. The summed E-state index contributed by atoms with van der Waals surface area (Å²) in [5.74, 6) is 0.892. The van der Waals surface area contributed by atoms with Crippen molar-refractivity contribution in [2.24, 2.45) is 11.7 Å². The van der Waals surface area contributed by atoms with E-state index in [-0.39, 0.29) is 17.6 Å². The maximum Gasteiger partial charge on any atom is 0.165 e. The monoisotopic (exact) mass is 266 g/mol. The Balaban J connectivity index is 1.86. The molecular weight excluding hydrogens is 243 g/mol. The molecule has 2 rings (SSSR count). The lowest BCUT2D eigenvalue weighted by Gasteiger charge is -2.18. The molecule has 0 radical (unpaired) electrons. The van der Waals surface area contributed by atoms with Gasteiger partial charge in [-0.15, -0.1) is 0 Å². The summed E-state index contributed by atoms with van der Waals surface area (Å²) < 4.78 is 18.6. The Morgan fingerprint density at radius 3 is 2.84 bits per heavy atom. The van der Waals surface area contributed by atoms with Crippen molar-refractivity contribution in [2.45, 2.75) is 31.7 Å². The standard InChI is InChI=1S/C15H23FN2O/c1-19-15-7-6-12(9-13(15)16)14(10-17)18-8-2-3-11-4-5-11/h6-7,9,11,14,18H,2-5,8,10,17H2,1H3. The molecular formula is C15H23FN2O. The SMILES string of the molecule is COc1ccc(C(CN)NCCCC2CC2)cc1F. The van der Waals surface area contributed by atoms with Crippen LogP contribution in [0.4, 0.5) is 4.39 Å². The minimum atomic E-state index is -0.335. The zero-order chi connectivity index (χ0) is 13.7. The Kier molecular flexibility index (Phi) is 5.16. The lowest BCUT2D eigenvalue weighted by molar-refractivity contribution is 0.385. The normalized spacial score (nSPS) is 16.4. The zero-order valence-corrected chi connectivity index (χ0v) is 11.5. The van der Waals surface area contributed by atoms with Gasteiger partial charge in [-0.05, 0) is 43.0 Å². The molecule has 3 N–H and O–H groups in total. The van der Waals surface area contributed by atoms with Crippen molar-refractivity contribution < 1.29 is 9.13 Å². The quantitative estimate of drug-likeness (QED) is 0.711. The van der Waals surface area contributed by atoms with E-state index >= 15 is 0 Å². The molecule has 0 aromatic heterocycles. The molecule has 0 spiro atoms. The molecule has 0 saturated heterocycles. The number of nitrogens with two attached hydrogens (primary N) is 1. The third kappa shape index (κ3) is 4.18. The van der Waals surface area contributed by atoms with Crippen molar-refractivity contribution in [3.63, 3.8) is 0 Å². The summed E-state index contributed by atoms with van der Waals surface area (Å²) in [6.45, 7) is 1.40. The van der Waals surface area contributed by atoms with Crippen LogP contribution < -0.4 is 15.8 Å². The predicted molar refractivity (Wildman–Crippen MR) is 74.7 cm³/mol. The first-order valence-electron chi connectivity index (χ1n) is 7.01. The molecule has 0 bridgehead atoms. The average Bonchev–Trinajstić information content (AvgIpc) is 3.23. The van der Waals surface area contributed by atoms with E-state index in [1.807, 2.05) is 6.07 Å². The van der Waals surface area contributed by atoms with Gasteiger partial charge in [-0.2, -0.15) is 0 Å². The maximum atomic E-state index is 13.7. The van der Waals surface area contributed by atoms with Gasteiger partial charge in [0.2, 0.25) is 0 Å². The van der Waals surface area contributed by atoms with E-state index in [0.29, 0.717) is 6.54 Å². The molecule has 1 fully saturated rings. The number of rotatable bonds is 8. The van der Waals surface area contributed by atoms with Gasteiger partial charge in [0.15, 0.2) is 11.6 Å². The topological polar surface area (TPSA) is 47.3 Å². The number of benzene rings is 1. The average molecular weight is 266 g/mol. The van der Waals surface area contributed by atoms with Gasteiger partial charge in [0, 0.05) is 12.6 Å². The molecule has 1 atom stereocenters. The van der Waals surface area contributed by atoms with E-state index in [1.54, 1.807) is 6.07 Å². The lowest BCUT2D eigenvalue weighted by atomic mass is 10.1. The maximum absolute atomic E-state index is 13.7. The molecule has 19 heavy (non-hydrogen) atoms. The highest BCUT2D eigenvalue weighted by Crippen LogP contribution is 2.33. The van der Waals surface area contributed by atoms with Crippen molar-refractivity contribution >= 4 is 0 Å². The van der Waals surface area contributed by atoms with Crippen LogP contribution in [0, 0.1) is 11.7 Å². The van der Waals surface area contributed by atoms with E-state index in [1.165, 1.54) is 38.9 Å². The smallest absolute Gasteiger partial charge is 0.165 e. The Morgan fingerprint density at radius 2 is 2.26 bits per heavy atom. The second kappa shape index (κ2) is 6.87. The van der Waals surface area contributed by atoms with Gasteiger partial charge in [0.05, 0.1) is 7.11 Å². The number of hydrogen-bond acceptors (Lipinski definition) is 3. The summed E-state index contributed by atoms with van der Waals surface area (Å²) in [7, 11) is 1.47. The summed E-state index contributed by atoms with van der Waals surface area (Å²) >= 11 is 0. The zero-order valence-electron chi connectivity index (χ0n) is 11.5. The van der Waals surface area contributed by atoms with Crippen molar-refractivity contribution in [3.8, 4) is 5.75 Å². The first-order valence-corrected chi connectivity index (χ1v) is 7.01. The van der Waals surface area contributed by atoms with E-state index < -0.39 is 0 Å². The largest absolute Gasteiger partial charge is 0.494 e. The summed E-state index contributed by atoms with van der Waals surface area (Å²) in [6, 6.07) is 5.04. The van der Waals surface area contributed by atoms with Gasteiger partial charge < -0.3 is 15.8 Å². The van der Waals surface area contributed by atoms with Gasteiger partial charge >= 0.3 is 0 Å². The summed E-state index contributed by atoms with van der Waals surface area (Å²) in [5, 5.41) is 3.40. The first kappa shape index (κ1) is 14.3. The van der Waals surface area contributed by atoms with Gasteiger partial charge in [-0.1, -0.05) is 18.9 Å². The second-order valence-corrected chi connectivity index (χ2v) is 5.22. The first-order chi connectivity index (χ1) is 9.24. The highest BCUT2D eigenvalue weighted by Gasteiger charge is 2.20. The molecule has 0 aliphatic heterocycles. The molecule has 1 aliphatic rings. The van der Waals surface area contributed by atoms with Crippen LogP contribution in [0.3, 0.4) is 0 Å². The Morgan fingerprint density at radius 1 is 1.47 bits per heavy atom. The molecule has 4 heteroatoms. The Bertz CT molecular complexity index is 407. The molecule has 1 aromatic rings. The van der Waals surface area contributed by atoms with Crippen molar-refractivity contribution in [1.29, 1.82) is 0 Å². The minimum absolute atomic E-state index is 0.0135. The number of hydrogen-bond donors (Lipinski definition) is 2. The third-order valence-electron chi connectivity index (χ3n) is 3.69. The second-order valence-electron chi connectivity index (χ2n) is 5.22. The molecule has 1 unspecified atom stereocenters. The number of halogens is 1. The number of ether oxygens (including phenoxy) is 1. The van der Waals surface area contributed by atoms with E-state index in [2.05, 4.69) is 5.32 Å². The van der Waals surface area contributed by atoms with E-state index in [9.17, 15) is 4.39 Å². The van der Waals surface area contributed by atoms with Crippen LogP contribution in [0.15, 0.2) is 18.2 Å². The lowest BCUT2D eigenvalue weighted by Crippen LogP contribution is -2.29. The molecule has 0 heterocycles. The molecule has 1 aromatic carbocycles. The van der Waals surface area contributed by atoms with Crippen LogP contribution >= 0.6 is 0 Å². The van der Waals surface area contributed by atoms with Crippen LogP contribution in [-0.4, -0.2) is 20.2 Å². The van der Waals surface area contributed by atoms with Crippen molar-refractivity contribution in [3.05, 3.63) is 29.6 Å². The molecule has 1 saturated carbocycles. The molecule has 0 amide bonds. The van der Waals surface area contributed by atoms with Crippen LogP contribution in [0.1, 0.15) is 37.3 Å². The minimum Gasteiger partial charge on any atom is -0.494 e. The number of nitrogens with one attached hydrogen (secondary N) is 1. The molecule has 106 valence electrons. The Hall–Kier alpha value is -1.13. The summed E-state index contributed by atoms with van der Waals surface area (Å²) in [4.78, 5) is 0. The van der Waals surface area contributed by atoms with Crippen molar-refractivity contribution in [2.75, 3.05) is 20.2 Å². The van der Waals surface area contributed by atoms with Gasteiger partial charge in [0.1, 0.15) is 0 Å². The molecule has 1 aliphatic carbocycles. The van der Waals surface area contributed by atoms with Gasteiger partial charge in [-0.3, -0.25) is 0 Å². The highest BCUT2D eigenvalue weighted by atomic mass is 19.1. The van der Waals surface area contributed by atoms with Crippen LogP contribution in [0.25, 0.3) is 0 Å². The fourth-order valence-electron chi connectivity index (χ4n) is 2.31.